The zero-order valence-electron chi connectivity index (χ0n) is 9.03. The Morgan fingerprint density at radius 1 is 1.53 bits per heavy atom. The van der Waals surface area contributed by atoms with Gasteiger partial charge in [0.25, 0.3) is 0 Å². The molecule has 0 unspecified atom stereocenters. The first-order valence-corrected chi connectivity index (χ1v) is 5.49. The van der Waals surface area contributed by atoms with E-state index in [4.69, 9.17) is 9.15 Å². The highest BCUT2D eigenvalue weighted by Gasteiger charge is 2.47. The maximum atomic E-state index is 5.77. The standard InChI is InChI=1S/C11H16N2O2/c1-14-7-10-12-6-9(15-10)11-2-4-13(8-11)5-3-11/h6H,2-5,7-8H2,1H3. The highest BCUT2D eigenvalue weighted by molar-refractivity contribution is 5.19. The van der Waals surface area contributed by atoms with E-state index < -0.39 is 0 Å². The van der Waals surface area contributed by atoms with Crippen LogP contribution in [0.3, 0.4) is 0 Å². The van der Waals surface area contributed by atoms with E-state index in [0.717, 1.165) is 12.3 Å². The number of aromatic nitrogens is 1. The van der Waals surface area contributed by atoms with Gasteiger partial charge in [0.1, 0.15) is 12.4 Å². The number of nitrogens with zero attached hydrogens (tertiary/aromatic N) is 2. The summed E-state index contributed by atoms with van der Waals surface area (Å²) in [5, 5.41) is 0. The smallest absolute Gasteiger partial charge is 0.220 e. The number of methoxy groups -OCH3 is 1. The molecule has 0 radical (unpaired) electrons. The highest BCUT2D eigenvalue weighted by atomic mass is 16.5. The number of piperidine rings is 1. The minimum atomic E-state index is 0.263. The lowest BCUT2D eigenvalue weighted by Crippen LogP contribution is -2.23. The summed E-state index contributed by atoms with van der Waals surface area (Å²) < 4.78 is 10.8. The zero-order chi connectivity index (χ0) is 10.3. The van der Waals surface area contributed by atoms with Crippen LogP contribution < -0.4 is 0 Å². The Bertz CT molecular complexity index is 353. The van der Waals surface area contributed by atoms with Crippen LogP contribution in [0.4, 0.5) is 0 Å². The molecule has 0 saturated carbocycles. The topological polar surface area (TPSA) is 38.5 Å². The van der Waals surface area contributed by atoms with Gasteiger partial charge in [0, 0.05) is 19.1 Å². The summed E-state index contributed by atoms with van der Waals surface area (Å²) in [6.07, 6.45) is 4.33. The summed E-state index contributed by atoms with van der Waals surface area (Å²) in [7, 11) is 1.66. The van der Waals surface area contributed by atoms with E-state index >= 15 is 0 Å². The molecule has 0 N–H and O–H groups in total. The first kappa shape index (κ1) is 9.36. The molecule has 4 nitrogen and oxygen atoms in total. The number of fused-ring (bicyclic) bond motifs is 2. The summed E-state index contributed by atoms with van der Waals surface area (Å²) in [6.45, 7) is 4.04. The predicted molar refractivity (Wildman–Crippen MR) is 54.6 cm³/mol. The fourth-order valence-corrected chi connectivity index (χ4v) is 2.80. The van der Waals surface area contributed by atoms with Crippen LogP contribution in [0.2, 0.25) is 0 Å². The quantitative estimate of drug-likeness (QED) is 0.747. The van der Waals surface area contributed by atoms with Crippen LogP contribution in [0.15, 0.2) is 10.6 Å². The third kappa shape index (κ3) is 1.40. The van der Waals surface area contributed by atoms with E-state index in [1.54, 1.807) is 7.11 Å². The SMILES string of the molecule is COCc1ncc(C23CCN(CC2)C3)o1. The van der Waals surface area contributed by atoms with E-state index in [1.165, 1.54) is 25.9 Å². The molecule has 3 rings (SSSR count). The van der Waals surface area contributed by atoms with Gasteiger partial charge in [0.05, 0.1) is 6.20 Å². The maximum Gasteiger partial charge on any atom is 0.220 e. The molecular formula is C11H16N2O2. The van der Waals surface area contributed by atoms with Gasteiger partial charge in [-0.1, -0.05) is 0 Å². The fourth-order valence-electron chi connectivity index (χ4n) is 2.80. The minimum absolute atomic E-state index is 0.263. The molecule has 0 atom stereocenters. The van der Waals surface area contributed by atoms with Gasteiger partial charge in [-0.15, -0.1) is 0 Å². The Morgan fingerprint density at radius 2 is 2.33 bits per heavy atom. The van der Waals surface area contributed by atoms with Gasteiger partial charge in [-0.2, -0.15) is 0 Å². The summed E-state index contributed by atoms with van der Waals surface area (Å²) >= 11 is 0. The fraction of sp³-hybridized carbons (Fsp3) is 0.727. The molecule has 4 heteroatoms. The molecule has 0 spiro atoms. The molecule has 0 amide bonds. The molecule has 2 aliphatic heterocycles. The Morgan fingerprint density at radius 3 is 2.93 bits per heavy atom. The number of rotatable bonds is 3. The molecule has 1 aromatic rings. The molecular weight excluding hydrogens is 192 g/mol. The summed E-state index contributed by atoms with van der Waals surface area (Å²) in [5.41, 5.74) is 0.263. The minimum Gasteiger partial charge on any atom is -0.443 e. The van der Waals surface area contributed by atoms with Crippen LogP contribution >= 0.6 is 0 Å². The predicted octanol–water partition coefficient (Wildman–Crippen LogP) is 1.17. The van der Waals surface area contributed by atoms with Gasteiger partial charge < -0.3 is 14.1 Å². The van der Waals surface area contributed by atoms with Crippen molar-refractivity contribution in [3.05, 3.63) is 17.8 Å². The van der Waals surface area contributed by atoms with Crippen molar-refractivity contribution in [1.82, 2.24) is 9.88 Å². The number of hydrogen-bond acceptors (Lipinski definition) is 4. The second-order valence-electron chi connectivity index (χ2n) is 4.61. The van der Waals surface area contributed by atoms with Crippen molar-refractivity contribution in [3.8, 4) is 0 Å². The Kier molecular flexibility index (Phi) is 2.07. The largest absolute Gasteiger partial charge is 0.443 e. The van der Waals surface area contributed by atoms with Crippen molar-refractivity contribution in [1.29, 1.82) is 0 Å². The van der Waals surface area contributed by atoms with Gasteiger partial charge in [0.2, 0.25) is 5.89 Å². The highest BCUT2D eigenvalue weighted by Crippen LogP contribution is 2.43. The number of hydrogen-bond donors (Lipinski definition) is 0. The number of oxazole rings is 1. The molecule has 2 fully saturated rings. The van der Waals surface area contributed by atoms with E-state index in [0.29, 0.717) is 12.5 Å². The molecule has 2 saturated heterocycles. The lowest BCUT2D eigenvalue weighted by Gasteiger charge is -2.21. The molecule has 0 aliphatic carbocycles. The van der Waals surface area contributed by atoms with Crippen molar-refractivity contribution < 1.29 is 9.15 Å². The molecule has 2 bridgehead atoms. The van der Waals surface area contributed by atoms with Crippen LogP contribution in [0.5, 0.6) is 0 Å². The van der Waals surface area contributed by atoms with Crippen molar-refractivity contribution in [2.24, 2.45) is 0 Å². The van der Waals surface area contributed by atoms with Gasteiger partial charge in [0.15, 0.2) is 0 Å². The second-order valence-corrected chi connectivity index (χ2v) is 4.61. The third-order valence-corrected chi connectivity index (χ3v) is 3.68. The molecule has 82 valence electrons. The Balaban J connectivity index is 1.85. The lowest BCUT2D eigenvalue weighted by molar-refractivity contribution is 0.155. The Hall–Kier alpha value is -0.870. The van der Waals surface area contributed by atoms with Gasteiger partial charge >= 0.3 is 0 Å². The van der Waals surface area contributed by atoms with Crippen molar-refractivity contribution in [2.45, 2.75) is 24.9 Å². The van der Waals surface area contributed by atoms with Gasteiger partial charge in [-0.05, 0) is 25.9 Å². The number of ether oxygens (including phenoxy) is 1. The third-order valence-electron chi connectivity index (χ3n) is 3.68. The zero-order valence-corrected chi connectivity index (χ0v) is 9.03. The van der Waals surface area contributed by atoms with E-state index in [-0.39, 0.29) is 5.41 Å². The summed E-state index contributed by atoms with van der Waals surface area (Å²) in [6, 6.07) is 0. The molecule has 15 heavy (non-hydrogen) atoms. The van der Waals surface area contributed by atoms with Crippen LogP contribution in [0.25, 0.3) is 0 Å². The lowest BCUT2D eigenvalue weighted by atomic mass is 9.83. The normalized spacial score (nSPS) is 33.8. The van der Waals surface area contributed by atoms with Crippen LogP contribution in [0, 0.1) is 0 Å². The second kappa shape index (κ2) is 3.32. The van der Waals surface area contributed by atoms with Crippen molar-refractivity contribution in [3.63, 3.8) is 0 Å². The van der Waals surface area contributed by atoms with Crippen molar-refractivity contribution >= 4 is 0 Å². The van der Waals surface area contributed by atoms with E-state index in [2.05, 4.69) is 9.88 Å². The Labute approximate surface area is 89.2 Å². The summed E-state index contributed by atoms with van der Waals surface area (Å²) in [5.74, 6) is 1.77. The molecule has 1 aromatic heterocycles. The average Bonchev–Trinajstić information content (AvgIpc) is 2.92. The monoisotopic (exact) mass is 208 g/mol. The average molecular weight is 208 g/mol. The van der Waals surface area contributed by atoms with Gasteiger partial charge in [-0.25, -0.2) is 4.98 Å². The van der Waals surface area contributed by atoms with Crippen LogP contribution in [-0.2, 0) is 16.8 Å². The first-order chi connectivity index (χ1) is 7.32. The molecule has 2 aliphatic rings. The van der Waals surface area contributed by atoms with Crippen molar-refractivity contribution in [2.75, 3.05) is 26.7 Å². The summed E-state index contributed by atoms with van der Waals surface area (Å²) in [4.78, 5) is 6.75. The van der Waals surface area contributed by atoms with E-state index in [1.807, 2.05) is 6.20 Å². The van der Waals surface area contributed by atoms with Gasteiger partial charge in [-0.3, -0.25) is 0 Å². The molecule has 0 aromatic carbocycles. The maximum absolute atomic E-state index is 5.77. The van der Waals surface area contributed by atoms with Crippen LogP contribution in [0.1, 0.15) is 24.5 Å². The van der Waals surface area contributed by atoms with E-state index in [9.17, 15) is 0 Å². The molecule has 3 heterocycles. The van der Waals surface area contributed by atoms with Crippen LogP contribution in [-0.4, -0.2) is 36.6 Å². The first-order valence-electron chi connectivity index (χ1n) is 5.49.